The molecule has 104 valence electrons. The fraction of sp³-hybridized carbons (Fsp3) is 0.833. The van der Waals surface area contributed by atoms with Crippen molar-refractivity contribution in [3.63, 3.8) is 0 Å². The molecular formula is C12H22N2O4. The summed E-state index contributed by atoms with van der Waals surface area (Å²) in [6.07, 6.45) is -0.277. The van der Waals surface area contributed by atoms with Crippen LogP contribution in [0.4, 0.5) is 4.79 Å². The summed E-state index contributed by atoms with van der Waals surface area (Å²) < 4.78 is 9.92. The Morgan fingerprint density at radius 3 is 2.11 bits per heavy atom. The van der Waals surface area contributed by atoms with Gasteiger partial charge in [0.15, 0.2) is 0 Å². The molecule has 1 amide bonds. The van der Waals surface area contributed by atoms with Crippen molar-refractivity contribution < 1.29 is 19.1 Å². The maximum absolute atomic E-state index is 11.6. The van der Waals surface area contributed by atoms with Crippen molar-refractivity contribution in [3.8, 4) is 0 Å². The highest BCUT2D eigenvalue weighted by Gasteiger charge is 2.28. The number of hydrogen-bond donors (Lipinski definition) is 0. The maximum atomic E-state index is 11.6. The van der Waals surface area contributed by atoms with Crippen LogP contribution in [0.5, 0.6) is 0 Å². The van der Waals surface area contributed by atoms with Crippen LogP contribution in [0, 0.1) is 0 Å². The van der Waals surface area contributed by atoms with Crippen LogP contribution >= 0.6 is 0 Å². The molecule has 1 atom stereocenters. The zero-order valence-electron chi connectivity index (χ0n) is 11.3. The molecule has 1 saturated heterocycles. The SMILES string of the molecule is CCOC(=O)C(C)N1CCN(C(=O)OCC)CC1. The first-order chi connectivity index (χ1) is 8.60. The van der Waals surface area contributed by atoms with E-state index in [1.165, 1.54) is 0 Å². The topological polar surface area (TPSA) is 59.1 Å². The Balaban J connectivity index is 2.39. The monoisotopic (exact) mass is 258 g/mol. The van der Waals surface area contributed by atoms with Crippen LogP contribution in [0.25, 0.3) is 0 Å². The Morgan fingerprint density at radius 2 is 1.61 bits per heavy atom. The van der Waals surface area contributed by atoms with Gasteiger partial charge in [0.25, 0.3) is 0 Å². The minimum Gasteiger partial charge on any atom is -0.465 e. The highest BCUT2D eigenvalue weighted by Crippen LogP contribution is 2.08. The number of rotatable bonds is 4. The molecule has 18 heavy (non-hydrogen) atoms. The number of carbonyl (C=O) groups excluding carboxylic acids is 2. The molecule has 0 bridgehead atoms. The predicted molar refractivity (Wildman–Crippen MR) is 66.3 cm³/mol. The van der Waals surface area contributed by atoms with Gasteiger partial charge in [-0.25, -0.2) is 4.79 Å². The van der Waals surface area contributed by atoms with E-state index in [-0.39, 0.29) is 18.1 Å². The van der Waals surface area contributed by atoms with E-state index < -0.39 is 0 Å². The van der Waals surface area contributed by atoms with Crippen LogP contribution in [-0.2, 0) is 14.3 Å². The molecule has 1 rings (SSSR count). The van der Waals surface area contributed by atoms with Gasteiger partial charge in [0.1, 0.15) is 6.04 Å². The third kappa shape index (κ3) is 3.87. The van der Waals surface area contributed by atoms with Crippen LogP contribution in [0.15, 0.2) is 0 Å². The van der Waals surface area contributed by atoms with Crippen molar-refractivity contribution in [3.05, 3.63) is 0 Å². The van der Waals surface area contributed by atoms with E-state index in [9.17, 15) is 9.59 Å². The van der Waals surface area contributed by atoms with Crippen LogP contribution < -0.4 is 0 Å². The summed E-state index contributed by atoms with van der Waals surface area (Å²) in [5.74, 6) is -0.206. The summed E-state index contributed by atoms with van der Waals surface area (Å²) in [4.78, 5) is 26.8. The molecule has 0 aromatic rings. The molecule has 1 aliphatic heterocycles. The van der Waals surface area contributed by atoms with E-state index in [1.807, 2.05) is 11.8 Å². The first-order valence-electron chi connectivity index (χ1n) is 6.42. The third-order valence-corrected chi connectivity index (χ3v) is 3.02. The van der Waals surface area contributed by atoms with Gasteiger partial charge in [-0.1, -0.05) is 0 Å². The van der Waals surface area contributed by atoms with E-state index in [2.05, 4.69) is 0 Å². The molecule has 0 aromatic heterocycles. The van der Waals surface area contributed by atoms with Gasteiger partial charge >= 0.3 is 12.1 Å². The van der Waals surface area contributed by atoms with Crippen LogP contribution in [0.1, 0.15) is 20.8 Å². The number of esters is 1. The van der Waals surface area contributed by atoms with Crippen molar-refractivity contribution in [2.24, 2.45) is 0 Å². The minimum atomic E-state index is -0.277. The number of amides is 1. The van der Waals surface area contributed by atoms with Crippen molar-refractivity contribution in [1.82, 2.24) is 9.80 Å². The summed E-state index contributed by atoms with van der Waals surface area (Å²) in [6.45, 7) is 8.70. The first-order valence-corrected chi connectivity index (χ1v) is 6.42. The van der Waals surface area contributed by atoms with Gasteiger partial charge in [0.05, 0.1) is 13.2 Å². The molecule has 0 aliphatic carbocycles. The molecule has 0 radical (unpaired) electrons. The van der Waals surface area contributed by atoms with Gasteiger partial charge in [0.2, 0.25) is 0 Å². The Bertz CT molecular complexity index is 288. The fourth-order valence-corrected chi connectivity index (χ4v) is 1.92. The second-order valence-corrected chi connectivity index (χ2v) is 4.15. The molecule has 0 spiro atoms. The summed E-state index contributed by atoms with van der Waals surface area (Å²) in [5.41, 5.74) is 0. The van der Waals surface area contributed by atoms with Crippen molar-refractivity contribution in [1.29, 1.82) is 0 Å². The predicted octanol–water partition coefficient (Wildman–Crippen LogP) is 0.712. The Hall–Kier alpha value is -1.30. The molecule has 1 unspecified atom stereocenters. The average molecular weight is 258 g/mol. The van der Waals surface area contributed by atoms with E-state index in [0.717, 1.165) is 0 Å². The molecule has 0 aromatic carbocycles. The summed E-state index contributed by atoms with van der Waals surface area (Å²) in [7, 11) is 0. The fourth-order valence-electron chi connectivity index (χ4n) is 1.92. The van der Waals surface area contributed by atoms with E-state index in [4.69, 9.17) is 9.47 Å². The maximum Gasteiger partial charge on any atom is 0.409 e. The van der Waals surface area contributed by atoms with E-state index >= 15 is 0 Å². The Labute approximate surface area is 108 Å². The molecule has 6 heteroatoms. The smallest absolute Gasteiger partial charge is 0.409 e. The lowest BCUT2D eigenvalue weighted by atomic mass is 10.2. The normalized spacial score (nSPS) is 18.3. The Kier molecular flexibility index (Phi) is 5.91. The summed E-state index contributed by atoms with van der Waals surface area (Å²) in [5, 5.41) is 0. The van der Waals surface area contributed by atoms with Gasteiger partial charge in [-0.15, -0.1) is 0 Å². The second kappa shape index (κ2) is 7.20. The van der Waals surface area contributed by atoms with Crippen molar-refractivity contribution in [2.75, 3.05) is 39.4 Å². The number of ether oxygens (including phenoxy) is 2. The van der Waals surface area contributed by atoms with Gasteiger partial charge in [-0.05, 0) is 20.8 Å². The zero-order chi connectivity index (χ0) is 13.5. The Morgan fingerprint density at radius 1 is 1.06 bits per heavy atom. The third-order valence-electron chi connectivity index (χ3n) is 3.02. The summed E-state index contributed by atoms with van der Waals surface area (Å²) in [6, 6.07) is -0.255. The van der Waals surface area contributed by atoms with E-state index in [0.29, 0.717) is 39.4 Å². The number of hydrogen-bond acceptors (Lipinski definition) is 5. The van der Waals surface area contributed by atoms with E-state index in [1.54, 1.807) is 18.7 Å². The molecular weight excluding hydrogens is 236 g/mol. The molecule has 0 saturated carbocycles. The molecule has 6 nitrogen and oxygen atoms in total. The van der Waals surface area contributed by atoms with Gasteiger partial charge < -0.3 is 14.4 Å². The largest absolute Gasteiger partial charge is 0.465 e. The van der Waals surface area contributed by atoms with Gasteiger partial charge in [0, 0.05) is 26.2 Å². The number of carbonyl (C=O) groups is 2. The van der Waals surface area contributed by atoms with Gasteiger partial charge in [-0.2, -0.15) is 0 Å². The highest BCUT2D eigenvalue weighted by atomic mass is 16.6. The standard InChI is InChI=1S/C12H22N2O4/c1-4-17-11(15)10(3)13-6-8-14(9-7-13)12(16)18-5-2/h10H,4-9H2,1-3H3. The first kappa shape index (κ1) is 14.8. The lowest BCUT2D eigenvalue weighted by Crippen LogP contribution is -2.53. The second-order valence-electron chi connectivity index (χ2n) is 4.15. The highest BCUT2D eigenvalue weighted by molar-refractivity contribution is 5.75. The molecule has 0 N–H and O–H groups in total. The van der Waals surface area contributed by atoms with Crippen molar-refractivity contribution >= 4 is 12.1 Å². The summed E-state index contributed by atoms with van der Waals surface area (Å²) >= 11 is 0. The molecule has 1 aliphatic rings. The van der Waals surface area contributed by atoms with Crippen molar-refractivity contribution in [2.45, 2.75) is 26.8 Å². The average Bonchev–Trinajstić information content (AvgIpc) is 2.38. The van der Waals surface area contributed by atoms with Crippen LogP contribution in [0.2, 0.25) is 0 Å². The lowest BCUT2D eigenvalue weighted by molar-refractivity contribution is -0.149. The zero-order valence-corrected chi connectivity index (χ0v) is 11.3. The molecule has 1 fully saturated rings. The molecule has 1 heterocycles. The number of piperazine rings is 1. The minimum absolute atomic E-state index is 0.206. The van der Waals surface area contributed by atoms with Crippen LogP contribution in [-0.4, -0.2) is 67.3 Å². The lowest BCUT2D eigenvalue weighted by Gasteiger charge is -2.36. The number of nitrogens with zero attached hydrogens (tertiary/aromatic N) is 2. The van der Waals surface area contributed by atoms with Gasteiger partial charge in [-0.3, -0.25) is 9.69 Å². The van der Waals surface area contributed by atoms with Crippen LogP contribution in [0.3, 0.4) is 0 Å². The quantitative estimate of drug-likeness (QED) is 0.695.